The monoisotopic (exact) mass is 491 g/mol. The number of halogens is 3. The average molecular weight is 491 g/mol. The van der Waals surface area contributed by atoms with Crippen molar-refractivity contribution in [2.24, 2.45) is 0 Å². The van der Waals surface area contributed by atoms with E-state index in [9.17, 15) is 22.8 Å². The van der Waals surface area contributed by atoms with Crippen LogP contribution in [0.5, 0.6) is 17.2 Å². The van der Waals surface area contributed by atoms with Gasteiger partial charge >= 0.3 is 6.36 Å². The third-order valence-corrected chi connectivity index (χ3v) is 5.82. The molecule has 1 amide bonds. The molecule has 3 aromatic rings. The summed E-state index contributed by atoms with van der Waals surface area (Å²) in [5.41, 5.74) is 1.43. The Morgan fingerprint density at radius 1 is 1.11 bits per heavy atom. The molecule has 2 heterocycles. The summed E-state index contributed by atoms with van der Waals surface area (Å²) >= 11 is 0. The molecule has 1 aromatic heterocycles. The Labute approximate surface area is 198 Å². The van der Waals surface area contributed by atoms with Crippen LogP contribution in [-0.4, -0.2) is 42.6 Å². The van der Waals surface area contributed by atoms with E-state index in [1.54, 1.807) is 17.0 Å². The maximum atomic E-state index is 12.9. The molecule has 186 valence electrons. The van der Waals surface area contributed by atoms with Crippen LogP contribution in [0.15, 0.2) is 41.5 Å². The Balaban J connectivity index is 1.44. The van der Waals surface area contributed by atoms with E-state index in [2.05, 4.69) is 9.72 Å². The Morgan fingerprint density at radius 2 is 1.86 bits per heavy atom. The molecule has 11 heteroatoms. The molecule has 0 saturated heterocycles. The molecule has 0 unspecified atom stereocenters. The first-order chi connectivity index (χ1) is 16.7. The smallest absolute Gasteiger partial charge is 0.493 e. The third-order valence-electron chi connectivity index (χ3n) is 5.82. The van der Waals surface area contributed by atoms with Gasteiger partial charge in [-0.05, 0) is 49.1 Å². The number of ether oxygens (including phenoxy) is 3. The lowest BCUT2D eigenvalue weighted by Crippen LogP contribution is -2.35. The molecule has 0 saturated carbocycles. The number of rotatable bonds is 7. The molecule has 0 atom stereocenters. The van der Waals surface area contributed by atoms with Crippen LogP contribution >= 0.6 is 0 Å². The van der Waals surface area contributed by atoms with Gasteiger partial charge in [-0.15, -0.1) is 13.2 Å². The molecular weight excluding hydrogens is 467 g/mol. The number of methoxy groups -OCH3 is 2. The van der Waals surface area contributed by atoms with Crippen molar-refractivity contribution in [2.75, 3.05) is 25.7 Å². The molecule has 1 aliphatic rings. The van der Waals surface area contributed by atoms with E-state index >= 15 is 0 Å². The topological polar surface area (TPSA) is 82.9 Å². The number of alkyl halides is 3. The van der Waals surface area contributed by atoms with Crippen molar-refractivity contribution < 1.29 is 32.2 Å². The summed E-state index contributed by atoms with van der Waals surface area (Å²) in [6, 6.07) is 7.22. The van der Waals surface area contributed by atoms with E-state index in [4.69, 9.17) is 9.47 Å². The second-order valence-corrected chi connectivity index (χ2v) is 8.06. The van der Waals surface area contributed by atoms with Crippen LogP contribution in [0.3, 0.4) is 0 Å². The number of hydrogen-bond donors (Lipinski definition) is 0. The number of carbonyl (C=O) groups is 1. The van der Waals surface area contributed by atoms with Gasteiger partial charge in [0.25, 0.3) is 5.56 Å². The fraction of sp³-hybridized carbons (Fsp3) is 0.375. The number of anilines is 1. The van der Waals surface area contributed by atoms with Gasteiger partial charge in [-0.1, -0.05) is 0 Å². The minimum Gasteiger partial charge on any atom is -0.493 e. The van der Waals surface area contributed by atoms with Gasteiger partial charge in [0.15, 0.2) is 11.5 Å². The molecule has 0 aliphatic carbocycles. The molecular formula is C24H24F3N3O5. The van der Waals surface area contributed by atoms with Crippen LogP contribution in [-0.2, 0) is 17.8 Å². The Morgan fingerprint density at radius 3 is 2.57 bits per heavy atom. The molecule has 0 N–H and O–H groups in total. The van der Waals surface area contributed by atoms with Crippen molar-refractivity contribution in [2.45, 2.75) is 38.6 Å². The maximum absolute atomic E-state index is 12.9. The predicted octanol–water partition coefficient (Wildman–Crippen LogP) is 4.07. The largest absolute Gasteiger partial charge is 0.573 e. The standard InChI is InChI=1S/C24H24F3N3O5/c1-33-20-12-17-18(13-21(20)34-2)28-14-29(23(17)32)9-4-6-22(31)30-10-3-5-15-11-16(7-8-19(15)30)35-24(25,26)27/h7-8,11-14H,3-6,9-10H2,1-2H3. The van der Waals surface area contributed by atoms with Gasteiger partial charge in [0.1, 0.15) is 5.75 Å². The minimum atomic E-state index is -4.77. The highest BCUT2D eigenvalue weighted by Crippen LogP contribution is 2.33. The van der Waals surface area contributed by atoms with Crippen LogP contribution in [0.1, 0.15) is 24.8 Å². The average Bonchev–Trinajstić information content (AvgIpc) is 2.83. The zero-order chi connectivity index (χ0) is 25.2. The summed E-state index contributed by atoms with van der Waals surface area (Å²) in [5.74, 6) is 0.417. The second-order valence-electron chi connectivity index (χ2n) is 8.06. The Kier molecular flexibility index (Phi) is 6.86. The van der Waals surface area contributed by atoms with Crippen molar-refractivity contribution in [3.8, 4) is 17.2 Å². The van der Waals surface area contributed by atoms with Gasteiger partial charge in [-0.25, -0.2) is 4.98 Å². The molecule has 1 aliphatic heterocycles. The number of aromatic nitrogens is 2. The van der Waals surface area contributed by atoms with Crippen LogP contribution in [0.25, 0.3) is 10.9 Å². The first kappa shape index (κ1) is 24.4. The van der Waals surface area contributed by atoms with Crippen molar-refractivity contribution >= 4 is 22.5 Å². The van der Waals surface area contributed by atoms with E-state index < -0.39 is 6.36 Å². The second kappa shape index (κ2) is 9.85. The first-order valence-electron chi connectivity index (χ1n) is 11.0. The lowest BCUT2D eigenvalue weighted by atomic mass is 10.0. The summed E-state index contributed by atoms with van der Waals surface area (Å²) in [6.07, 6.45) is -1.60. The number of nitrogens with zero attached hydrogens (tertiary/aromatic N) is 3. The molecule has 8 nitrogen and oxygen atoms in total. The highest BCUT2D eigenvalue weighted by molar-refractivity contribution is 5.94. The minimum absolute atomic E-state index is 0.163. The van der Waals surface area contributed by atoms with Gasteiger partial charge in [-0.3, -0.25) is 14.2 Å². The van der Waals surface area contributed by atoms with Gasteiger partial charge in [0.2, 0.25) is 5.91 Å². The normalized spacial score (nSPS) is 13.5. The lowest BCUT2D eigenvalue weighted by molar-refractivity contribution is -0.274. The van der Waals surface area contributed by atoms with Crippen molar-refractivity contribution in [3.05, 3.63) is 52.6 Å². The molecule has 0 bridgehead atoms. The van der Waals surface area contributed by atoms with Crippen LogP contribution in [0, 0.1) is 0 Å². The molecule has 2 aromatic carbocycles. The van der Waals surface area contributed by atoms with Gasteiger partial charge in [0, 0.05) is 31.3 Å². The summed E-state index contributed by atoms with van der Waals surface area (Å²) in [7, 11) is 2.98. The summed E-state index contributed by atoms with van der Waals surface area (Å²) in [4.78, 5) is 31.7. The van der Waals surface area contributed by atoms with Gasteiger partial charge in [0.05, 0.1) is 31.4 Å². The first-order valence-corrected chi connectivity index (χ1v) is 11.0. The predicted molar refractivity (Wildman–Crippen MR) is 122 cm³/mol. The van der Waals surface area contributed by atoms with Crippen molar-refractivity contribution in [1.29, 1.82) is 0 Å². The Bertz CT molecular complexity index is 1310. The molecule has 0 radical (unpaired) electrons. The third kappa shape index (κ3) is 5.33. The summed E-state index contributed by atoms with van der Waals surface area (Å²) in [5, 5.41) is 0.373. The SMILES string of the molecule is COc1cc2ncn(CCCC(=O)N3CCCc4cc(OC(F)(F)F)ccc43)c(=O)c2cc1OC. The number of carbonyl (C=O) groups excluding carboxylic acids is 1. The summed E-state index contributed by atoms with van der Waals surface area (Å²) in [6.45, 7) is 0.755. The Hall–Kier alpha value is -3.76. The molecule has 0 fully saturated rings. The molecule has 35 heavy (non-hydrogen) atoms. The quantitative estimate of drug-likeness (QED) is 0.496. The molecule has 4 rings (SSSR count). The fourth-order valence-corrected chi connectivity index (χ4v) is 4.21. The van der Waals surface area contributed by atoms with Crippen LogP contribution < -0.4 is 24.7 Å². The number of benzene rings is 2. The van der Waals surface area contributed by atoms with E-state index in [-0.39, 0.29) is 30.2 Å². The van der Waals surface area contributed by atoms with E-state index in [1.165, 1.54) is 43.3 Å². The highest BCUT2D eigenvalue weighted by Gasteiger charge is 2.32. The number of aryl methyl sites for hydroxylation is 2. The number of amides is 1. The maximum Gasteiger partial charge on any atom is 0.573 e. The van der Waals surface area contributed by atoms with E-state index in [1.807, 2.05) is 0 Å². The van der Waals surface area contributed by atoms with E-state index in [0.29, 0.717) is 59.5 Å². The van der Waals surface area contributed by atoms with Crippen LogP contribution in [0.2, 0.25) is 0 Å². The zero-order valence-electron chi connectivity index (χ0n) is 19.2. The number of hydrogen-bond acceptors (Lipinski definition) is 6. The van der Waals surface area contributed by atoms with Crippen molar-refractivity contribution in [1.82, 2.24) is 9.55 Å². The summed E-state index contributed by atoms with van der Waals surface area (Å²) < 4.78 is 53.5. The van der Waals surface area contributed by atoms with Crippen LogP contribution in [0.4, 0.5) is 18.9 Å². The zero-order valence-corrected chi connectivity index (χ0v) is 19.2. The lowest BCUT2D eigenvalue weighted by Gasteiger charge is -2.30. The fourth-order valence-electron chi connectivity index (χ4n) is 4.21. The van der Waals surface area contributed by atoms with E-state index in [0.717, 1.165) is 0 Å². The van der Waals surface area contributed by atoms with Gasteiger partial charge in [-0.2, -0.15) is 0 Å². The molecule has 0 spiro atoms. The van der Waals surface area contributed by atoms with Crippen molar-refractivity contribution in [3.63, 3.8) is 0 Å². The highest BCUT2D eigenvalue weighted by atomic mass is 19.4. The van der Waals surface area contributed by atoms with Gasteiger partial charge < -0.3 is 19.1 Å². The number of fused-ring (bicyclic) bond motifs is 2.